The van der Waals surface area contributed by atoms with E-state index in [1.54, 1.807) is 9.58 Å². The molecule has 0 spiro atoms. The van der Waals surface area contributed by atoms with Crippen LogP contribution < -0.4 is 4.90 Å². The van der Waals surface area contributed by atoms with E-state index in [0.717, 1.165) is 28.7 Å². The van der Waals surface area contributed by atoms with Crippen molar-refractivity contribution < 1.29 is 4.79 Å². The first-order valence-corrected chi connectivity index (χ1v) is 9.57. The number of carbonyl (C=O) groups is 1. The van der Waals surface area contributed by atoms with Crippen LogP contribution in [0.5, 0.6) is 0 Å². The van der Waals surface area contributed by atoms with E-state index < -0.39 is 0 Å². The Morgan fingerprint density at radius 1 is 1.30 bits per heavy atom. The zero-order valence-corrected chi connectivity index (χ0v) is 18.2. The molecule has 0 aliphatic rings. The number of hydrogen-bond acceptors (Lipinski definition) is 5. The Morgan fingerprint density at radius 3 is 2.67 bits per heavy atom. The molecule has 0 saturated heterocycles. The van der Waals surface area contributed by atoms with Crippen LogP contribution in [-0.2, 0) is 7.05 Å². The highest BCUT2D eigenvalue weighted by molar-refractivity contribution is 7.22. The molecule has 0 aliphatic heterocycles. The molecule has 3 aromatic rings. The van der Waals surface area contributed by atoms with Crippen molar-refractivity contribution in [1.82, 2.24) is 19.7 Å². The van der Waals surface area contributed by atoms with Crippen molar-refractivity contribution >= 4 is 56.6 Å². The van der Waals surface area contributed by atoms with Crippen molar-refractivity contribution in [2.75, 3.05) is 32.1 Å². The summed E-state index contributed by atoms with van der Waals surface area (Å²) < 4.78 is 2.63. The molecule has 1 amide bonds. The summed E-state index contributed by atoms with van der Waals surface area (Å²) in [6.07, 6.45) is 2.70. The second-order valence-corrected chi connectivity index (χ2v) is 8.00. The number of anilines is 1. The number of carbonyl (C=O) groups excluding carboxylic acids is 1. The molecule has 1 aromatic carbocycles. The fourth-order valence-electron chi connectivity index (χ4n) is 2.78. The lowest BCUT2D eigenvalue weighted by molar-refractivity contribution is 0.0980. The van der Waals surface area contributed by atoms with E-state index >= 15 is 0 Å². The van der Waals surface area contributed by atoms with E-state index in [-0.39, 0.29) is 18.3 Å². The average Bonchev–Trinajstić information content (AvgIpc) is 3.12. The van der Waals surface area contributed by atoms with Crippen LogP contribution >= 0.6 is 35.3 Å². The minimum atomic E-state index is -0.119. The zero-order valence-electron chi connectivity index (χ0n) is 15.8. The molecule has 0 fully saturated rings. The summed E-state index contributed by atoms with van der Waals surface area (Å²) in [5.74, 6) is -0.119. The van der Waals surface area contributed by atoms with Gasteiger partial charge >= 0.3 is 0 Å². The van der Waals surface area contributed by atoms with Gasteiger partial charge in [-0.05, 0) is 52.2 Å². The first-order chi connectivity index (χ1) is 12.3. The Hall–Kier alpha value is -1.67. The molecule has 9 heteroatoms. The van der Waals surface area contributed by atoms with Crippen LogP contribution in [0.15, 0.2) is 24.4 Å². The van der Waals surface area contributed by atoms with Crippen molar-refractivity contribution in [2.45, 2.75) is 13.3 Å². The first kappa shape index (κ1) is 21.6. The lowest BCUT2D eigenvalue weighted by Crippen LogP contribution is -2.34. The topological polar surface area (TPSA) is 54.3 Å². The first-order valence-electron chi connectivity index (χ1n) is 8.38. The number of halogens is 2. The molecule has 2 aromatic heterocycles. The molecule has 146 valence electrons. The number of aryl methyl sites for hydroxylation is 2. The fraction of sp³-hybridized carbons (Fsp3) is 0.389. The van der Waals surface area contributed by atoms with Crippen LogP contribution in [0.2, 0.25) is 5.02 Å². The van der Waals surface area contributed by atoms with Gasteiger partial charge in [-0.3, -0.25) is 14.4 Å². The van der Waals surface area contributed by atoms with Crippen molar-refractivity contribution in [3.8, 4) is 0 Å². The largest absolute Gasteiger partial charge is 0.309 e. The fourth-order valence-corrected chi connectivity index (χ4v) is 4.04. The lowest BCUT2D eigenvalue weighted by atomic mass is 10.2. The summed E-state index contributed by atoms with van der Waals surface area (Å²) in [5.41, 5.74) is 2.17. The predicted molar refractivity (Wildman–Crippen MR) is 115 cm³/mol. The van der Waals surface area contributed by atoms with Crippen molar-refractivity contribution in [3.63, 3.8) is 0 Å². The van der Waals surface area contributed by atoms with E-state index in [1.807, 2.05) is 52.5 Å². The highest BCUT2D eigenvalue weighted by atomic mass is 35.5. The van der Waals surface area contributed by atoms with Gasteiger partial charge in [0.15, 0.2) is 10.8 Å². The third-order valence-electron chi connectivity index (χ3n) is 4.02. The quantitative estimate of drug-likeness (QED) is 0.595. The minimum absolute atomic E-state index is 0. The Kier molecular flexibility index (Phi) is 7.22. The van der Waals surface area contributed by atoms with Gasteiger partial charge < -0.3 is 4.90 Å². The number of benzene rings is 1. The monoisotopic (exact) mass is 427 g/mol. The summed E-state index contributed by atoms with van der Waals surface area (Å²) >= 11 is 7.56. The van der Waals surface area contributed by atoms with Gasteiger partial charge in [-0.1, -0.05) is 22.9 Å². The number of rotatable bonds is 6. The molecule has 0 bridgehead atoms. The number of nitrogens with zero attached hydrogens (tertiary/aromatic N) is 5. The number of amides is 1. The van der Waals surface area contributed by atoms with Gasteiger partial charge in [0.05, 0.1) is 10.2 Å². The number of hydrogen-bond donors (Lipinski definition) is 0. The summed E-state index contributed by atoms with van der Waals surface area (Å²) in [6.45, 7) is 3.37. The standard InChI is InChI=1S/C18H22ClN5OS.ClH/c1-12-11-23(4)21-16(12)17(25)24(9-5-8-22(2)3)18-20-14-7-6-13(19)10-15(14)26-18;/h6-7,10-11H,5,8-9H2,1-4H3;1H. The van der Waals surface area contributed by atoms with Gasteiger partial charge in [0.1, 0.15) is 0 Å². The van der Waals surface area contributed by atoms with Crippen molar-refractivity contribution in [3.05, 3.63) is 40.7 Å². The SMILES string of the molecule is Cc1cn(C)nc1C(=O)N(CCCN(C)C)c1nc2ccc(Cl)cc2s1.Cl. The molecule has 0 N–H and O–H groups in total. The maximum Gasteiger partial charge on any atom is 0.280 e. The summed E-state index contributed by atoms with van der Waals surface area (Å²) in [7, 11) is 5.86. The van der Waals surface area contributed by atoms with Gasteiger partial charge in [-0.25, -0.2) is 4.98 Å². The van der Waals surface area contributed by atoms with Gasteiger partial charge in [0, 0.05) is 30.4 Å². The van der Waals surface area contributed by atoms with Crippen LogP contribution in [0.25, 0.3) is 10.2 Å². The molecule has 0 unspecified atom stereocenters. The molecule has 27 heavy (non-hydrogen) atoms. The normalized spacial score (nSPS) is 11.0. The van der Waals surface area contributed by atoms with E-state index in [9.17, 15) is 4.79 Å². The minimum Gasteiger partial charge on any atom is -0.309 e. The Bertz CT molecular complexity index is 937. The third-order valence-corrected chi connectivity index (χ3v) is 5.29. The maximum absolute atomic E-state index is 13.2. The van der Waals surface area contributed by atoms with Gasteiger partial charge in [-0.15, -0.1) is 12.4 Å². The molecule has 6 nitrogen and oxygen atoms in total. The highest BCUT2D eigenvalue weighted by Gasteiger charge is 2.24. The predicted octanol–water partition coefficient (Wildman–Crippen LogP) is 4.01. The summed E-state index contributed by atoms with van der Waals surface area (Å²) in [6, 6.07) is 5.58. The number of thiazole rings is 1. The highest BCUT2D eigenvalue weighted by Crippen LogP contribution is 2.31. The summed E-state index contributed by atoms with van der Waals surface area (Å²) in [5, 5.41) is 5.68. The van der Waals surface area contributed by atoms with Gasteiger partial charge in [0.2, 0.25) is 0 Å². The van der Waals surface area contributed by atoms with E-state index in [1.165, 1.54) is 11.3 Å². The van der Waals surface area contributed by atoms with Gasteiger partial charge in [0.25, 0.3) is 5.91 Å². The van der Waals surface area contributed by atoms with Crippen LogP contribution in [-0.4, -0.2) is 52.8 Å². The van der Waals surface area contributed by atoms with Crippen molar-refractivity contribution in [2.24, 2.45) is 7.05 Å². The average molecular weight is 428 g/mol. The van der Waals surface area contributed by atoms with E-state index in [2.05, 4.69) is 15.0 Å². The zero-order chi connectivity index (χ0) is 18.8. The van der Waals surface area contributed by atoms with E-state index in [4.69, 9.17) is 11.6 Å². The van der Waals surface area contributed by atoms with E-state index in [0.29, 0.717) is 22.4 Å². The van der Waals surface area contributed by atoms with Crippen LogP contribution in [0.4, 0.5) is 5.13 Å². The molecule has 0 aliphatic carbocycles. The molecule has 0 atom stereocenters. The molecule has 2 heterocycles. The number of aromatic nitrogens is 3. The van der Waals surface area contributed by atoms with Crippen LogP contribution in [0.1, 0.15) is 22.5 Å². The lowest BCUT2D eigenvalue weighted by Gasteiger charge is -2.20. The second-order valence-electron chi connectivity index (χ2n) is 6.56. The Labute approximate surface area is 174 Å². The molecule has 0 radical (unpaired) electrons. The van der Waals surface area contributed by atoms with Crippen molar-refractivity contribution in [1.29, 1.82) is 0 Å². The number of fused-ring (bicyclic) bond motifs is 1. The van der Waals surface area contributed by atoms with Gasteiger partial charge in [-0.2, -0.15) is 5.10 Å². The maximum atomic E-state index is 13.2. The third kappa shape index (κ3) is 4.99. The molecule has 3 rings (SSSR count). The molecular formula is C18H23Cl2N5OS. The van der Waals surface area contributed by atoms with Crippen LogP contribution in [0.3, 0.4) is 0 Å². The smallest absolute Gasteiger partial charge is 0.280 e. The van der Waals surface area contributed by atoms with Crippen LogP contribution in [0, 0.1) is 6.92 Å². The Balaban J connectivity index is 0.00000261. The Morgan fingerprint density at radius 2 is 2.04 bits per heavy atom. The summed E-state index contributed by atoms with van der Waals surface area (Å²) in [4.78, 5) is 21.7. The molecular weight excluding hydrogens is 405 g/mol. The second kappa shape index (κ2) is 9.01. The molecule has 0 saturated carbocycles.